The van der Waals surface area contributed by atoms with Gasteiger partial charge >= 0.3 is 0 Å². The van der Waals surface area contributed by atoms with Crippen LogP contribution in [0.5, 0.6) is 0 Å². The van der Waals surface area contributed by atoms with Crippen molar-refractivity contribution in [1.82, 2.24) is 20.4 Å². The Labute approximate surface area is 135 Å². The molecule has 23 heavy (non-hydrogen) atoms. The predicted octanol–water partition coefficient (Wildman–Crippen LogP) is 2.76. The van der Waals surface area contributed by atoms with Crippen molar-refractivity contribution in [1.29, 1.82) is 0 Å². The predicted molar refractivity (Wildman–Crippen MR) is 85.4 cm³/mol. The van der Waals surface area contributed by atoms with Crippen molar-refractivity contribution in [3.05, 3.63) is 30.3 Å². The highest BCUT2D eigenvalue weighted by atomic mass is 16.5. The van der Waals surface area contributed by atoms with Gasteiger partial charge in [-0.3, -0.25) is 9.78 Å². The maximum Gasteiger partial charge on any atom is 0.227 e. The van der Waals surface area contributed by atoms with Crippen LogP contribution in [0.4, 0.5) is 0 Å². The number of aromatic nitrogens is 3. The lowest BCUT2D eigenvalue weighted by molar-refractivity contribution is -0.122. The topological polar surface area (TPSA) is 80.9 Å². The molecular formula is C17H22N4O2. The molecule has 0 bridgehead atoms. The van der Waals surface area contributed by atoms with E-state index >= 15 is 0 Å². The van der Waals surface area contributed by atoms with Crippen LogP contribution in [0.25, 0.3) is 11.5 Å². The Balaban J connectivity index is 1.50. The molecule has 6 nitrogen and oxygen atoms in total. The number of carbonyl (C=O) groups excluding carboxylic acids is 1. The quantitative estimate of drug-likeness (QED) is 0.917. The molecule has 2 heterocycles. The zero-order chi connectivity index (χ0) is 16.1. The normalized spacial score (nSPS) is 21.1. The number of hydrogen-bond donors (Lipinski definition) is 1. The molecule has 3 rings (SSSR count). The number of aryl methyl sites for hydroxylation is 1. The number of nitrogens with zero attached hydrogens (tertiary/aromatic N) is 3. The van der Waals surface area contributed by atoms with E-state index < -0.39 is 0 Å². The van der Waals surface area contributed by atoms with Crippen molar-refractivity contribution in [3.63, 3.8) is 0 Å². The fourth-order valence-corrected chi connectivity index (χ4v) is 2.99. The summed E-state index contributed by atoms with van der Waals surface area (Å²) in [4.78, 5) is 20.6. The summed E-state index contributed by atoms with van der Waals surface area (Å²) in [5, 5.41) is 7.05. The van der Waals surface area contributed by atoms with Crippen LogP contribution < -0.4 is 5.32 Å². The Morgan fingerprint density at radius 3 is 3.00 bits per heavy atom. The molecule has 1 aliphatic rings. The van der Waals surface area contributed by atoms with E-state index in [9.17, 15) is 4.79 Å². The highest BCUT2D eigenvalue weighted by molar-refractivity contribution is 5.76. The minimum Gasteiger partial charge on any atom is -0.353 e. The molecule has 1 aliphatic carbocycles. The molecule has 2 atom stereocenters. The van der Waals surface area contributed by atoms with Crippen molar-refractivity contribution >= 4 is 5.91 Å². The zero-order valence-electron chi connectivity index (χ0n) is 13.4. The van der Waals surface area contributed by atoms with E-state index in [4.69, 9.17) is 4.52 Å². The Morgan fingerprint density at radius 1 is 1.35 bits per heavy atom. The third kappa shape index (κ3) is 4.15. The van der Waals surface area contributed by atoms with Gasteiger partial charge in [0.1, 0.15) is 5.69 Å². The number of nitrogens with one attached hydrogen (secondary N) is 1. The third-order valence-corrected chi connectivity index (χ3v) is 4.39. The first kappa shape index (κ1) is 15.6. The fraction of sp³-hybridized carbons (Fsp3) is 0.529. The first-order valence-corrected chi connectivity index (χ1v) is 8.26. The van der Waals surface area contributed by atoms with E-state index in [1.807, 2.05) is 18.2 Å². The molecule has 122 valence electrons. The lowest BCUT2D eigenvalue weighted by atomic mass is 9.86. The standard InChI is InChI=1S/C17H22N4O2/c1-12-6-2-3-7-13(12)19-15(22)9-10-16-20-17(21-23-16)14-8-4-5-11-18-14/h4-5,8,11-13H,2-3,6-7,9-10H2,1H3,(H,19,22). The summed E-state index contributed by atoms with van der Waals surface area (Å²) in [5.74, 6) is 1.55. The largest absolute Gasteiger partial charge is 0.353 e. The van der Waals surface area contributed by atoms with Crippen LogP contribution in [0, 0.1) is 5.92 Å². The molecule has 1 amide bonds. The van der Waals surface area contributed by atoms with Crippen LogP contribution in [0.2, 0.25) is 0 Å². The van der Waals surface area contributed by atoms with Gasteiger partial charge in [-0.1, -0.05) is 31.0 Å². The molecule has 1 fully saturated rings. The maximum atomic E-state index is 12.1. The molecule has 0 aromatic carbocycles. The monoisotopic (exact) mass is 314 g/mol. The average Bonchev–Trinajstić information content (AvgIpc) is 3.05. The van der Waals surface area contributed by atoms with Gasteiger partial charge in [0.15, 0.2) is 0 Å². The van der Waals surface area contributed by atoms with Gasteiger partial charge in [0.05, 0.1) is 0 Å². The van der Waals surface area contributed by atoms with E-state index in [1.54, 1.807) is 6.20 Å². The van der Waals surface area contributed by atoms with Crippen LogP contribution in [-0.2, 0) is 11.2 Å². The van der Waals surface area contributed by atoms with Gasteiger partial charge in [-0.15, -0.1) is 0 Å². The minimum atomic E-state index is 0.0568. The maximum absolute atomic E-state index is 12.1. The molecular weight excluding hydrogens is 292 g/mol. The summed E-state index contributed by atoms with van der Waals surface area (Å²) in [5.41, 5.74) is 0.669. The molecule has 6 heteroatoms. The van der Waals surface area contributed by atoms with E-state index in [2.05, 4.69) is 27.4 Å². The summed E-state index contributed by atoms with van der Waals surface area (Å²) in [6, 6.07) is 5.84. The molecule has 1 saturated carbocycles. The molecule has 0 spiro atoms. The second-order valence-electron chi connectivity index (χ2n) is 6.16. The van der Waals surface area contributed by atoms with E-state index in [0.717, 1.165) is 6.42 Å². The van der Waals surface area contributed by atoms with Gasteiger partial charge in [0.25, 0.3) is 0 Å². The number of rotatable bonds is 5. The van der Waals surface area contributed by atoms with Crippen molar-refractivity contribution in [2.75, 3.05) is 0 Å². The van der Waals surface area contributed by atoms with E-state index in [-0.39, 0.29) is 5.91 Å². The molecule has 2 unspecified atom stereocenters. The van der Waals surface area contributed by atoms with Gasteiger partial charge < -0.3 is 9.84 Å². The van der Waals surface area contributed by atoms with Crippen LogP contribution >= 0.6 is 0 Å². The van der Waals surface area contributed by atoms with Gasteiger partial charge in [-0.05, 0) is 30.9 Å². The van der Waals surface area contributed by atoms with Gasteiger partial charge in [-0.25, -0.2) is 0 Å². The van der Waals surface area contributed by atoms with E-state index in [0.29, 0.717) is 42.2 Å². The van der Waals surface area contributed by atoms with Gasteiger partial charge in [0.2, 0.25) is 17.6 Å². The molecule has 2 aromatic heterocycles. The number of hydrogen-bond acceptors (Lipinski definition) is 5. The van der Waals surface area contributed by atoms with Crippen molar-refractivity contribution < 1.29 is 9.32 Å². The summed E-state index contributed by atoms with van der Waals surface area (Å²) in [6.07, 6.45) is 7.25. The number of amides is 1. The van der Waals surface area contributed by atoms with Crippen molar-refractivity contribution in [2.24, 2.45) is 5.92 Å². The van der Waals surface area contributed by atoms with Crippen molar-refractivity contribution in [2.45, 2.75) is 51.5 Å². The Bertz CT molecular complexity index is 641. The van der Waals surface area contributed by atoms with Crippen LogP contribution in [0.3, 0.4) is 0 Å². The van der Waals surface area contributed by atoms with Gasteiger partial charge in [-0.2, -0.15) is 4.98 Å². The van der Waals surface area contributed by atoms with Crippen molar-refractivity contribution in [3.8, 4) is 11.5 Å². The lowest BCUT2D eigenvalue weighted by Gasteiger charge is -2.29. The van der Waals surface area contributed by atoms with Crippen LogP contribution in [0.1, 0.15) is 44.9 Å². The number of carbonyl (C=O) groups is 1. The summed E-state index contributed by atoms with van der Waals surface area (Å²) in [7, 11) is 0. The molecule has 1 N–H and O–H groups in total. The third-order valence-electron chi connectivity index (χ3n) is 4.39. The first-order valence-electron chi connectivity index (χ1n) is 8.26. The van der Waals surface area contributed by atoms with Crippen LogP contribution in [0.15, 0.2) is 28.9 Å². The zero-order valence-corrected chi connectivity index (χ0v) is 13.4. The summed E-state index contributed by atoms with van der Waals surface area (Å²) in [6.45, 7) is 2.21. The Morgan fingerprint density at radius 2 is 2.22 bits per heavy atom. The van der Waals surface area contributed by atoms with E-state index in [1.165, 1.54) is 19.3 Å². The molecule has 0 saturated heterocycles. The van der Waals surface area contributed by atoms with Crippen LogP contribution in [-0.4, -0.2) is 27.1 Å². The average molecular weight is 314 g/mol. The SMILES string of the molecule is CC1CCCCC1NC(=O)CCc1nc(-c2ccccn2)no1. The minimum absolute atomic E-state index is 0.0568. The highest BCUT2D eigenvalue weighted by Gasteiger charge is 2.22. The van der Waals surface area contributed by atoms with Gasteiger partial charge in [0, 0.05) is 25.1 Å². The number of pyridine rings is 1. The first-order chi connectivity index (χ1) is 11.2. The smallest absolute Gasteiger partial charge is 0.227 e. The summed E-state index contributed by atoms with van der Waals surface area (Å²) >= 11 is 0. The Kier molecular flexibility index (Phi) is 5.00. The lowest BCUT2D eigenvalue weighted by Crippen LogP contribution is -2.41. The fourth-order valence-electron chi connectivity index (χ4n) is 2.99. The molecule has 2 aromatic rings. The summed E-state index contributed by atoms with van der Waals surface area (Å²) < 4.78 is 5.20. The Hall–Kier alpha value is -2.24. The second kappa shape index (κ2) is 7.35. The molecule has 0 radical (unpaired) electrons. The highest BCUT2D eigenvalue weighted by Crippen LogP contribution is 2.23. The molecule has 0 aliphatic heterocycles. The second-order valence-corrected chi connectivity index (χ2v) is 6.16.